The fraction of sp³-hybridized carbons (Fsp3) is 0.417. The Bertz CT molecular complexity index is 856. The quantitative estimate of drug-likeness (QED) is 0.698. The van der Waals surface area contributed by atoms with E-state index in [9.17, 15) is 9.59 Å². The number of para-hydroxylation sites is 1. The molecule has 6 heteroatoms. The van der Waals surface area contributed by atoms with Gasteiger partial charge in [-0.3, -0.25) is 9.59 Å². The van der Waals surface area contributed by atoms with Crippen molar-refractivity contribution in [3.05, 3.63) is 60.2 Å². The number of nitrogens with one attached hydrogen (secondary N) is 2. The number of carbonyl (C=O) groups excluding carboxylic acids is 2. The van der Waals surface area contributed by atoms with Crippen molar-refractivity contribution in [3.8, 4) is 11.5 Å². The van der Waals surface area contributed by atoms with E-state index < -0.39 is 6.04 Å². The van der Waals surface area contributed by atoms with Crippen LogP contribution in [-0.2, 0) is 9.59 Å². The standard InChI is InChI=1S/C24H31N3O3/c1-4-21(26-23(28)17(2)25-3)24(29)27-15-9-14-22(27)18-10-8-13-20(16-18)30-19-11-6-5-7-12-19/h5-8,10-13,16-17,21-22,25H,4,9,14-15H2,1-3H3,(H,26,28)/t17?,21-,22-/m0/s1. The van der Waals surface area contributed by atoms with Crippen LogP contribution < -0.4 is 15.4 Å². The van der Waals surface area contributed by atoms with Crippen molar-refractivity contribution in [1.29, 1.82) is 0 Å². The number of nitrogens with zero attached hydrogens (tertiary/aromatic N) is 1. The number of hydrogen-bond acceptors (Lipinski definition) is 4. The number of benzene rings is 2. The lowest BCUT2D eigenvalue weighted by atomic mass is 10.0. The number of hydrogen-bond donors (Lipinski definition) is 2. The largest absolute Gasteiger partial charge is 0.457 e. The van der Waals surface area contributed by atoms with E-state index in [1.165, 1.54) is 0 Å². The summed E-state index contributed by atoms with van der Waals surface area (Å²) in [5, 5.41) is 5.81. The predicted molar refractivity (Wildman–Crippen MR) is 117 cm³/mol. The van der Waals surface area contributed by atoms with Gasteiger partial charge in [-0.25, -0.2) is 0 Å². The molecule has 1 aliphatic heterocycles. The lowest BCUT2D eigenvalue weighted by Crippen LogP contribution is -2.52. The lowest BCUT2D eigenvalue weighted by molar-refractivity contribution is -0.137. The molecule has 1 heterocycles. The Kier molecular flexibility index (Phi) is 7.46. The number of likely N-dealkylation sites (N-methyl/N-ethyl adjacent to an activating group) is 1. The van der Waals surface area contributed by atoms with E-state index in [1.807, 2.05) is 66.4 Å². The van der Waals surface area contributed by atoms with Gasteiger partial charge in [0.25, 0.3) is 0 Å². The second-order valence-electron chi connectivity index (χ2n) is 7.66. The summed E-state index contributed by atoms with van der Waals surface area (Å²) in [7, 11) is 1.73. The average Bonchev–Trinajstić information content (AvgIpc) is 3.27. The number of amides is 2. The highest BCUT2D eigenvalue weighted by atomic mass is 16.5. The number of carbonyl (C=O) groups is 2. The molecule has 30 heavy (non-hydrogen) atoms. The van der Waals surface area contributed by atoms with Gasteiger partial charge >= 0.3 is 0 Å². The van der Waals surface area contributed by atoms with E-state index >= 15 is 0 Å². The van der Waals surface area contributed by atoms with Gasteiger partial charge in [0.2, 0.25) is 11.8 Å². The Morgan fingerprint density at radius 2 is 1.87 bits per heavy atom. The Hall–Kier alpha value is -2.86. The minimum absolute atomic E-state index is 0.00972. The zero-order valence-corrected chi connectivity index (χ0v) is 17.9. The Morgan fingerprint density at radius 1 is 1.13 bits per heavy atom. The first-order valence-electron chi connectivity index (χ1n) is 10.6. The molecule has 0 saturated carbocycles. The summed E-state index contributed by atoms with van der Waals surface area (Å²) in [6, 6.07) is 16.7. The molecule has 3 atom stereocenters. The zero-order chi connectivity index (χ0) is 21.5. The Balaban J connectivity index is 1.74. The van der Waals surface area contributed by atoms with E-state index in [0.29, 0.717) is 13.0 Å². The van der Waals surface area contributed by atoms with Crippen molar-refractivity contribution in [1.82, 2.24) is 15.5 Å². The predicted octanol–water partition coefficient (Wildman–Crippen LogP) is 3.65. The number of likely N-dealkylation sites (tertiary alicyclic amines) is 1. The Labute approximate surface area is 178 Å². The van der Waals surface area contributed by atoms with Gasteiger partial charge in [0.15, 0.2) is 0 Å². The molecule has 2 amide bonds. The summed E-state index contributed by atoms with van der Waals surface area (Å²) in [6.45, 7) is 4.40. The molecule has 2 aromatic rings. The zero-order valence-electron chi connectivity index (χ0n) is 17.9. The smallest absolute Gasteiger partial charge is 0.245 e. The third kappa shape index (κ3) is 5.19. The molecular formula is C24H31N3O3. The van der Waals surface area contributed by atoms with Crippen molar-refractivity contribution >= 4 is 11.8 Å². The molecule has 0 bridgehead atoms. The first-order chi connectivity index (χ1) is 14.5. The lowest BCUT2D eigenvalue weighted by Gasteiger charge is -2.30. The van der Waals surface area contributed by atoms with Gasteiger partial charge < -0.3 is 20.3 Å². The first kappa shape index (κ1) is 21.8. The monoisotopic (exact) mass is 409 g/mol. The fourth-order valence-corrected chi connectivity index (χ4v) is 3.75. The maximum absolute atomic E-state index is 13.2. The minimum atomic E-state index is -0.516. The van der Waals surface area contributed by atoms with Crippen molar-refractivity contribution < 1.29 is 14.3 Å². The van der Waals surface area contributed by atoms with Crippen LogP contribution in [0.1, 0.15) is 44.7 Å². The summed E-state index contributed by atoms with van der Waals surface area (Å²) < 4.78 is 5.97. The second kappa shape index (κ2) is 10.3. The molecule has 2 aromatic carbocycles. The highest BCUT2D eigenvalue weighted by molar-refractivity contribution is 5.90. The molecule has 3 rings (SSSR count). The van der Waals surface area contributed by atoms with Crippen LogP contribution in [0.3, 0.4) is 0 Å². The van der Waals surface area contributed by atoms with E-state index in [1.54, 1.807) is 14.0 Å². The van der Waals surface area contributed by atoms with Gasteiger partial charge in [0.05, 0.1) is 12.1 Å². The van der Waals surface area contributed by atoms with Crippen LogP contribution in [0.5, 0.6) is 11.5 Å². The number of rotatable bonds is 8. The van der Waals surface area contributed by atoms with E-state index in [-0.39, 0.29) is 23.9 Å². The molecule has 0 radical (unpaired) electrons. The molecule has 1 saturated heterocycles. The van der Waals surface area contributed by atoms with Gasteiger partial charge in [-0.05, 0) is 63.1 Å². The molecule has 0 aliphatic carbocycles. The van der Waals surface area contributed by atoms with Crippen LogP contribution in [-0.4, -0.2) is 42.4 Å². The van der Waals surface area contributed by atoms with E-state index in [2.05, 4.69) is 10.6 Å². The van der Waals surface area contributed by atoms with Crippen LogP contribution in [0.15, 0.2) is 54.6 Å². The molecule has 1 unspecified atom stereocenters. The van der Waals surface area contributed by atoms with Gasteiger partial charge in [-0.1, -0.05) is 37.3 Å². The highest BCUT2D eigenvalue weighted by Gasteiger charge is 2.34. The summed E-state index contributed by atoms with van der Waals surface area (Å²) >= 11 is 0. The molecule has 1 fully saturated rings. The first-order valence-corrected chi connectivity index (χ1v) is 10.6. The maximum Gasteiger partial charge on any atom is 0.245 e. The van der Waals surface area contributed by atoms with E-state index in [4.69, 9.17) is 4.74 Å². The Morgan fingerprint density at radius 3 is 2.57 bits per heavy atom. The van der Waals surface area contributed by atoms with Gasteiger partial charge in [0.1, 0.15) is 17.5 Å². The van der Waals surface area contributed by atoms with Crippen LogP contribution in [0.25, 0.3) is 0 Å². The van der Waals surface area contributed by atoms with Crippen molar-refractivity contribution in [2.75, 3.05) is 13.6 Å². The molecule has 1 aliphatic rings. The topological polar surface area (TPSA) is 70.7 Å². The van der Waals surface area contributed by atoms with Crippen molar-refractivity contribution in [2.45, 2.75) is 51.2 Å². The van der Waals surface area contributed by atoms with Crippen LogP contribution in [0.2, 0.25) is 0 Å². The molecular weight excluding hydrogens is 378 g/mol. The van der Waals surface area contributed by atoms with Crippen molar-refractivity contribution in [3.63, 3.8) is 0 Å². The van der Waals surface area contributed by atoms with Crippen LogP contribution >= 0.6 is 0 Å². The normalized spacial score (nSPS) is 18.0. The maximum atomic E-state index is 13.2. The molecule has 6 nitrogen and oxygen atoms in total. The summed E-state index contributed by atoms with van der Waals surface area (Å²) in [5.41, 5.74) is 1.05. The van der Waals surface area contributed by atoms with Crippen molar-refractivity contribution in [2.24, 2.45) is 0 Å². The summed E-state index contributed by atoms with van der Waals surface area (Å²) in [6.07, 6.45) is 2.40. The number of ether oxygens (including phenoxy) is 1. The highest BCUT2D eigenvalue weighted by Crippen LogP contribution is 2.35. The SMILES string of the molecule is CC[C@H](NC(=O)C(C)NC)C(=O)N1CCC[C@H]1c1cccc(Oc2ccccc2)c1. The van der Waals surface area contributed by atoms with Gasteiger partial charge in [-0.2, -0.15) is 0 Å². The van der Waals surface area contributed by atoms with Crippen LogP contribution in [0.4, 0.5) is 0 Å². The third-order valence-corrected chi connectivity index (χ3v) is 5.61. The second-order valence-corrected chi connectivity index (χ2v) is 7.66. The molecule has 0 aromatic heterocycles. The molecule has 2 N–H and O–H groups in total. The minimum Gasteiger partial charge on any atom is -0.457 e. The molecule has 160 valence electrons. The molecule has 0 spiro atoms. The fourth-order valence-electron chi connectivity index (χ4n) is 3.75. The summed E-state index contributed by atoms with van der Waals surface area (Å²) in [5.74, 6) is 1.35. The van der Waals surface area contributed by atoms with Crippen LogP contribution in [0, 0.1) is 0 Å². The average molecular weight is 410 g/mol. The van der Waals surface area contributed by atoms with Gasteiger partial charge in [0, 0.05) is 6.54 Å². The van der Waals surface area contributed by atoms with E-state index in [0.717, 1.165) is 29.9 Å². The summed E-state index contributed by atoms with van der Waals surface area (Å²) in [4.78, 5) is 27.4. The third-order valence-electron chi connectivity index (χ3n) is 5.61. The van der Waals surface area contributed by atoms with Gasteiger partial charge in [-0.15, -0.1) is 0 Å².